The Hall–Kier alpha value is -3.83. The molecule has 8 N–H and O–H groups in total. The van der Waals surface area contributed by atoms with Crippen LogP contribution in [-0.2, 0) is 28.9 Å². The Balaban J connectivity index is 1.64. The Morgan fingerprint density at radius 3 is 2.35 bits per heavy atom. The van der Waals surface area contributed by atoms with Crippen LogP contribution >= 0.6 is 11.8 Å². The van der Waals surface area contributed by atoms with Gasteiger partial charge in [0.15, 0.2) is 11.4 Å². The summed E-state index contributed by atoms with van der Waals surface area (Å²) in [6.07, 6.45) is 5.05. The average molecular weight is 608 g/mol. The standard InChI is InChI=1S/C32H45N7O3S/c1-2-3-18-37-29(40)21-24-12-9-13-25(19-24)22-30(41)38-27(34)17-16-26(33)14-7-8-15-28(35)43-32(36)39-31(42)20-23-10-5-4-6-11-23/h4-6,9-13,19,30,33,35,41H,2-3,7-8,14-18,20-22H2,1H3,(H2,34,38)(H,37,40)(H2,36,39,42). The number of rotatable bonds is 18. The first-order valence-corrected chi connectivity index (χ1v) is 15.5. The SMILES string of the molecule is CCCCNC(=O)Cc1cccc(CC(O)N=C(N)CCC(=N)CCCCC(=N)SC(N)=NC(=O)Cc2ccccc2)c1. The zero-order valence-electron chi connectivity index (χ0n) is 25.0. The molecular weight excluding hydrogens is 562 g/mol. The first-order valence-electron chi connectivity index (χ1n) is 14.7. The highest BCUT2D eigenvalue weighted by Crippen LogP contribution is 2.13. The molecule has 0 fully saturated rings. The van der Waals surface area contributed by atoms with Crippen LogP contribution in [0.5, 0.6) is 0 Å². The largest absolute Gasteiger partial charge is 0.387 e. The number of aliphatic imine (C=N–C) groups is 2. The van der Waals surface area contributed by atoms with Crippen LogP contribution in [0.25, 0.3) is 0 Å². The van der Waals surface area contributed by atoms with Gasteiger partial charge >= 0.3 is 0 Å². The number of amides is 2. The molecule has 0 saturated carbocycles. The second-order valence-electron chi connectivity index (χ2n) is 10.3. The lowest BCUT2D eigenvalue weighted by molar-refractivity contribution is -0.120. The molecule has 0 aliphatic rings. The normalized spacial score (nSPS) is 12.5. The number of benzene rings is 2. The summed E-state index contributed by atoms with van der Waals surface area (Å²) in [5.41, 5.74) is 15.0. The number of carbonyl (C=O) groups excluding carboxylic acids is 2. The first-order chi connectivity index (χ1) is 20.6. The molecule has 2 aromatic rings. The molecule has 1 atom stereocenters. The van der Waals surface area contributed by atoms with E-state index in [0.29, 0.717) is 61.7 Å². The van der Waals surface area contributed by atoms with Crippen LogP contribution in [-0.4, -0.2) is 51.5 Å². The lowest BCUT2D eigenvalue weighted by atomic mass is 10.0. The molecule has 0 aliphatic carbocycles. The molecule has 2 aromatic carbocycles. The van der Waals surface area contributed by atoms with E-state index in [-0.39, 0.29) is 29.8 Å². The number of thioether (sulfide) groups is 1. The van der Waals surface area contributed by atoms with Crippen LogP contribution in [0.2, 0.25) is 0 Å². The number of nitrogens with one attached hydrogen (secondary N) is 3. The minimum Gasteiger partial charge on any atom is -0.387 e. The Morgan fingerprint density at radius 1 is 0.907 bits per heavy atom. The van der Waals surface area contributed by atoms with E-state index in [1.165, 1.54) is 0 Å². The Morgan fingerprint density at radius 2 is 1.60 bits per heavy atom. The fourth-order valence-corrected chi connectivity index (χ4v) is 4.84. The first kappa shape index (κ1) is 35.4. The predicted molar refractivity (Wildman–Crippen MR) is 177 cm³/mol. The van der Waals surface area contributed by atoms with Crippen LogP contribution in [0.3, 0.4) is 0 Å². The summed E-state index contributed by atoms with van der Waals surface area (Å²) < 4.78 is 0. The van der Waals surface area contributed by atoms with Crippen molar-refractivity contribution in [1.82, 2.24) is 5.32 Å². The second kappa shape index (κ2) is 20.1. The van der Waals surface area contributed by atoms with Crippen LogP contribution < -0.4 is 16.8 Å². The quantitative estimate of drug-likeness (QED) is 0.0820. The van der Waals surface area contributed by atoms with Crippen LogP contribution in [0, 0.1) is 10.8 Å². The van der Waals surface area contributed by atoms with Crippen LogP contribution in [0.4, 0.5) is 0 Å². The number of aliphatic hydroxyl groups is 1. The van der Waals surface area contributed by atoms with Crippen molar-refractivity contribution in [2.75, 3.05) is 6.54 Å². The Kier molecular flexibility index (Phi) is 16.6. The maximum atomic E-state index is 12.1. The fraction of sp³-hybridized carbons (Fsp3) is 0.438. The molecule has 0 radical (unpaired) electrons. The zero-order valence-corrected chi connectivity index (χ0v) is 25.8. The van der Waals surface area contributed by atoms with Crippen LogP contribution in [0.15, 0.2) is 64.6 Å². The minimum atomic E-state index is -1.00. The van der Waals surface area contributed by atoms with Gasteiger partial charge in [-0.1, -0.05) is 67.9 Å². The molecule has 43 heavy (non-hydrogen) atoms. The van der Waals surface area contributed by atoms with Crippen molar-refractivity contribution < 1.29 is 14.7 Å². The summed E-state index contributed by atoms with van der Waals surface area (Å²) >= 11 is 0.987. The lowest BCUT2D eigenvalue weighted by Crippen LogP contribution is -2.26. The van der Waals surface area contributed by atoms with E-state index in [4.69, 9.17) is 22.3 Å². The van der Waals surface area contributed by atoms with E-state index in [9.17, 15) is 14.7 Å². The topological polar surface area (TPSA) is 191 Å². The third-order valence-electron chi connectivity index (χ3n) is 6.42. The molecular formula is C32H45N7O3S. The zero-order chi connectivity index (χ0) is 31.5. The molecule has 1 unspecified atom stereocenters. The third-order valence-corrected chi connectivity index (χ3v) is 7.17. The van der Waals surface area contributed by atoms with Crippen molar-refractivity contribution in [2.24, 2.45) is 21.5 Å². The van der Waals surface area contributed by atoms with Crippen molar-refractivity contribution in [3.63, 3.8) is 0 Å². The minimum absolute atomic E-state index is 0.0185. The van der Waals surface area contributed by atoms with Gasteiger partial charge in [0.1, 0.15) is 0 Å². The van der Waals surface area contributed by atoms with Gasteiger partial charge < -0.3 is 27.3 Å². The number of unbranched alkanes of at least 4 members (excludes halogenated alkanes) is 2. The van der Waals surface area contributed by atoms with E-state index in [1.807, 2.05) is 54.6 Å². The third kappa shape index (κ3) is 16.4. The van der Waals surface area contributed by atoms with Gasteiger partial charge in [-0.3, -0.25) is 15.0 Å². The van der Waals surface area contributed by atoms with E-state index >= 15 is 0 Å². The smallest absolute Gasteiger partial charge is 0.252 e. The van der Waals surface area contributed by atoms with E-state index in [0.717, 1.165) is 47.7 Å². The number of nitrogens with zero attached hydrogens (tertiary/aromatic N) is 2. The molecule has 11 heteroatoms. The molecule has 0 aliphatic heterocycles. The predicted octanol–water partition coefficient (Wildman–Crippen LogP) is 4.52. The second-order valence-corrected chi connectivity index (χ2v) is 11.5. The summed E-state index contributed by atoms with van der Waals surface area (Å²) in [5.74, 6) is -0.0746. The van der Waals surface area contributed by atoms with Crippen LogP contribution in [0.1, 0.15) is 75.0 Å². The van der Waals surface area contributed by atoms with Crippen molar-refractivity contribution in [3.8, 4) is 0 Å². The number of hydrogen-bond acceptors (Lipinski definition) is 7. The van der Waals surface area contributed by atoms with Gasteiger partial charge in [0.25, 0.3) is 5.91 Å². The summed E-state index contributed by atoms with van der Waals surface area (Å²) in [6, 6.07) is 16.8. The van der Waals surface area contributed by atoms with Gasteiger partial charge in [-0.05, 0) is 67.0 Å². The molecule has 232 valence electrons. The maximum Gasteiger partial charge on any atom is 0.252 e. The molecule has 10 nitrogen and oxygen atoms in total. The summed E-state index contributed by atoms with van der Waals surface area (Å²) in [4.78, 5) is 32.2. The fourth-order valence-electron chi connectivity index (χ4n) is 4.19. The maximum absolute atomic E-state index is 12.1. The average Bonchev–Trinajstić information content (AvgIpc) is 2.95. The number of hydrogen-bond donors (Lipinski definition) is 6. The number of nitrogens with two attached hydrogens (primary N) is 2. The molecule has 0 spiro atoms. The highest BCUT2D eigenvalue weighted by atomic mass is 32.2. The van der Waals surface area contributed by atoms with Gasteiger partial charge in [0.05, 0.1) is 23.7 Å². The highest BCUT2D eigenvalue weighted by Gasteiger charge is 2.10. The van der Waals surface area contributed by atoms with Gasteiger partial charge in [0, 0.05) is 25.1 Å². The van der Waals surface area contributed by atoms with Gasteiger partial charge in [0.2, 0.25) is 5.91 Å². The van der Waals surface area contributed by atoms with Gasteiger partial charge in [-0.2, -0.15) is 4.99 Å². The van der Waals surface area contributed by atoms with E-state index in [1.54, 1.807) is 0 Å². The number of aliphatic hydroxyl groups excluding tert-OH is 1. The molecule has 0 bridgehead atoms. The van der Waals surface area contributed by atoms with Crippen molar-refractivity contribution in [3.05, 3.63) is 71.3 Å². The molecule has 0 heterocycles. The molecule has 2 rings (SSSR count). The summed E-state index contributed by atoms with van der Waals surface area (Å²) in [7, 11) is 0. The van der Waals surface area contributed by atoms with E-state index < -0.39 is 6.23 Å². The van der Waals surface area contributed by atoms with Crippen molar-refractivity contribution in [2.45, 2.75) is 83.8 Å². The number of carbonyl (C=O) groups is 2. The van der Waals surface area contributed by atoms with Gasteiger partial charge in [-0.25, -0.2) is 4.99 Å². The summed E-state index contributed by atoms with van der Waals surface area (Å²) in [5, 5.41) is 30.0. The summed E-state index contributed by atoms with van der Waals surface area (Å²) in [6.45, 7) is 2.75. The highest BCUT2D eigenvalue weighted by molar-refractivity contribution is 8.26. The van der Waals surface area contributed by atoms with Crippen molar-refractivity contribution in [1.29, 1.82) is 10.8 Å². The number of amidine groups is 2. The van der Waals surface area contributed by atoms with Gasteiger partial charge in [-0.15, -0.1) is 0 Å². The van der Waals surface area contributed by atoms with Crippen molar-refractivity contribution >= 4 is 45.3 Å². The Labute approximate surface area is 258 Å². The monoisotopic (exact) mass is 607 g/mol. The molecule has 0 saturated heterocycles. The molecule has 0 aromatic heterocycles. The van der Waals surface area contributed by atoms with E-state index in [2.05, 4.69) is 22.2 Å². The molecule has 2 amide bonds. The Bertz CT molecular complexity index is 1260. The lowest BCUT2D eigenvalue weighted by Gasteiger charge is -2.10.